The molecule has 0 spiro atoms. The molecule has 0 aliphatic rings. The molecule has 0 aliphatic heterocycles. The van der Waals surface area contributed by atoms with E-state index in [9.17, 15) is 9.50 Å². The van der Waals surface area contributed by atoms with E-state index in [0.29, 0.717) is 22.4 Å². The van der Waals surface area contributed by atoms with Crippen LogP contribution in [0.2, 0.25) is 0 Å². The highest BCUT2D eigenvalue weighted by molar-refractivity contribution is 5.43. The molecule has 0 aromatic heterocycles. The molecule has 100 valence electrons. The lowest BCUT2D eigenvalue weighted by Gasteiger charge is -2.16. The standard InChI is InChI=1S/C16H17FO2/c1-10-4-7-13(15(8-10)19-3)16(18)12-6-5-11(2)14(17)9-12/h4-9,16,18H,1-3H3. The summed E-state index contributed by atoms with van der Waals surface area (Å²) in [5, 5.41) is 10.4. The minimum atomic E-state index is -0.898. The van der Waals surface area contributed by atoms with Crippen molar-refractivity contribution in [1.82, 2.24) is 0 Å². The number of halogens is 1. The Kier molecular flexibility index (Phi) is 3.86. The highest BCUT2D eigenvalue weighted by Gasteiger charge is 2.16. The van der Waals surface area contributed by atoms with E-state index >= 15 is 0 Å². The summed E-state index contributed by atoms with van der Waals surface area (Å²) in [7, 11) is 1.56. The van der Waals surface area contributed by atoms with Crippen LogP contribution < -0.4 is 4.74 Å². The number of ether oxygens (including phenoxy) is 1. The largest absolute Gasteiger partial charge is 0.496 e. The summed E-state index contributed by atoms with van der Waals surface area (Å²) in [6.45, 7) is 3.64. The van der Waals surface area contributed by atoms with Crippen molar-refractivity contribution in [3.63, 3.8) is 0 Å². The molecular formula is C16H17FO2. The van der Waals surface area contributed by atoms with Crippen molar-refractivity contribution in [3.05, 3.63) is 64.5 Å². The van der Waals surface area contributed by atoms with Gasteiger partial charge in [-0.05, 0) is 42.7 Å². The maximum Gasteiger partial charge on any atom is 0.126 e. The minimum Gasteiger partial charge on any atom is -0.496 e. The van der Waals surface area contributed by atoms with Crippen molar-refractivity contribution in [3.8, 4) is 5.75 Å². The van der Waals surface area contributed by atoms with Crippen LogP contribution in [0.1, 0.15) is 28.4 Å². The maximum absolute atomic E-state index is 13.6. The molecule has 0 amide bonds. The highest BCUT2D eigenvalue weighted by Crippen LogP contribution is 2.31. The molecule has 0 fully saturated rings. The fourth-order valence-electron chi connectivity index (χ4n) is 2.00. The van der Waals surface area contributed by atoms with Crippen LogP contribution in [0, 0.1) is 19.7 Å². The SMILES string of the molecule is COc1cc(C)ccc1C(O)c1ccc(C)c(F)c1. The average molecular weight is 260 g/mol. The van der Waals surface area contributed by atoms with Crippen molar-refractivity contribution >= 4 is 0 Å². The Bertz CT molecular complexity index is 593. The van der Waals surface area contributed by atoms with Crippen molar-refractivity contribution in [2.24, 2.45) is 0 Å². The van der Waals surface area contributed by atoms with Gasteiger partial charge >= 0.3 is 0 Å². The lowest BCUT2D eigenvalue weighted by Crippen LogP contribution is -2.03. The highest BCUT2D eigenvalue weighted by atomic mass is 19.1. The average Bonchev–Trinajstić information content (AvgIpc) is 2.41. The number of aliphatic hydroxyl groups is 1. The van der Waals surface area contributed by atoms with Crippen molar-refractivity contribution in [2.45, 2.75) is 20.0 Å². The number of hydrogen-bond donors (Lipinski definition) is 1. The minimum absolute atomic E-state index is 0.317. The Balaban J connectivity index is 2.43. The first kappa shape index (κ1) is 13.6. The summed E-state index contributed by atoms with van der Waals surface area (Å²) in [5.74, 6) is 0.288. The van der Waals surface area contributed by atoms with Crippen molar-refractivity contribution < 1.29 is 14.2 Å². The molecule has 2 aromatic carbocycles. The van der Waals surface area contributed by atoms with Gasteiger partial charge in [-0.3, -0.25) is 0 Å². The summed E-state index contributed by atoms with van der Waals surface area (Å²) in [5.41, 5.74) is 2.76. The smallest absolute Gasteiger partial charge is 0.126 e. The Labute approximate surface area is 112 Å². The second kappa shape index (κ2) is 5.41. The second-order valence-electron chi connectivity index (χ2n) is 4.66. The Morgan fingerprint density at radius 3 is 2.47 bits per heavy atom. The molecule has 19 heavy (non-hydrogen) atoms. The number of hydrogen-bond acceptors (Lipinski definition) is 2. The van der Waals surface area contributed by atoms with Crippen molar-refractivity contribution in [1.29, 1.82) is 0 Å². The van der Waals surface area contributed by atoms with Crippen LogP contribution in [0.3, 0.4) is 0 Å². The van der Waals surface area contributed by atoms with Crippen molar-refractivity contribution in [2.75, 3.05) is 7.11 Å². The molecule has 2 rings (SSSR count). The maximum atomic E-state index is 13.6. The molecule has 2 nitrogen and oxygen atoms in total. The van der Waals surface area contributed by atoms with Gasteiger partial charge in [-0.2, -0.15) is 0 Å². The van der Waals surface area contributed by atoms with Gasteiger partial charge < -0.3 is 9.84 Å². The molecule has 1 atom stereocenters. The van der Waals surface area contributed by atoms with Gasteiger partial charge in [-0.1, -0.05) is 24.3 Å². The van der Waals surface area contributed by atoms with Gasteiger partial charge in [-0.15, -0.1) is 0 Å². The first-order valence-electron chi connectivity index (χ1n) is 6.11. The zero-order valence-electron chi connectivity index (χ0n) is 11.3. The van der Waals surface area contributed by atoms with Gasteiger partial charge in [0.05, 0.1) is 7.11 Å². The number of methoxy groups -OCH3 is 1. The molecule has 0 saturated carbocycles. The number of rotatable bonds is 3. The number of aliphatic hydroxyl groups excluding tert-OH is 1. The molecular weight excluding hydrogens is 243 g/mol. The predicted molar refractivity (Wildman–Crippen MR) is 72.9 cm³/mol. The van der Waals surface area contributed by atoms with Crippen LogP contribution >= 0.6 is 0 Å². The summed E-state index contributed by atoms with van der Waals surface area (Å²) in [6.07, 6.45) is -0.898. The number of benzene rings is 2. The van der Waals surface area contributed by atoms with Crippen LogP contribution in [0.5, 0.6) is 5.75 Å². The summed E-state index contributed by atoms with van der Waals surface area (Å²) in [4.78, 5) is 0. The van der Waals surface area contributed by atoms with Crippen LogP contribution in [-0.4, -0.2) is 12.2 Å². The van der Waals surface area contributed by atoms with E-state index in [0.717, 1.165) is 5.56 Å². The molecule has 3 heteroatoms. The van der Waals surface area contributed by atoms with Gasteiger partial charge in [-0.25, -0.2) is 4.39 Å². The van der Waals surface area contributed by atoms with Crippen LogP contribution in [-0.2, 0) is 0 Å². The van der Waals surface area contributed by atoms with Crippen LogP contribution in [0.25, 0.3) is 0 Å². The van der Waals surface area contributed by atoms with E-state index in [-0.39, 0.29) is 5.82 Å². The summed E-state index contributed by atoms with van der Waals surface area (Å²) < 4.78 is 18.8. The molecule has 0 radical (unpaired) electrons. The van der Waals surface area contributed by atoms with Gasteiger partial charge in [0.15, 0.2) is 0 Å². The zero-order chi connectivity index (χ0) is 14.0. The van der Waals surface area contributed by atoms with Crippen LogP contribution in [0.4, 0.5) is 4.39 Å². The van der Waals surface area contributed by atoms with E-state index in [1.165, 1.54) is 6.07 Å². The fraction of sp³-hybridized carbons (Fsp3) is 0.250. The molecule has 0 saturated heterocycles. The molecule has 0 bridgehead atoms. The zero-order valence-corrected chi connectivity index (χ0v) is 11.3. The Hall–Kier alpha value is -1.87. The lowest BCUT2D eigenvalue weighted by molar-refractivity contribution is 0.214. The van der Waals surface area contributed by atoms with E-state index in [1.807, 2.05) is 19.1 Å². The van der Waals surface area contributed by atoms with E-state index in [2.05, 4.69) is 0 Å². The van der Waals surface area contributed by atoms with Gasteiger partial charge in [0.1, 0.15) is 17.7 Å². The lowest BCUT2D eigenvalue weighted by atomic mass is 9.98. The first-order valence-corrected chi connectivity index (χ1v) is 6.11. The monoisotopic (exact) mass is 260 g/mol. The summed E-state index contributed by atoms with van der Waals surface area (Å²) >= 11 is 0. The van der Waals surface area contributed by atoms with Crippen LogP contribution in [0.15, 0.2) is 36.4 Å². The topological polar surface area (TPSA) is 29.5 Å². The molecule has 2 aromatic rings. The van der Waals surface area contributed by atoms with Gasteiger partial charge in [0.25, 0.3) is 0 Å². The van der Waals surface area contributed by atoms with E-state index in [1.54, 1.807) is 32.2 Å². The second-order valence-corrected chi connectivity index (χ2v) is 4.66. The third-order valence-corrected chi connectivity index (χ3v) is 3.20. The molecule has 1 unspecified atom stereocenters. The fourth-order valence-corrected chi connectivity index (χ4v) is 2.00. The molecule has 1 N–H and O–H groups in total. The number of aryl methyl sites for hydroxylation is 2. The quantitative estimate of drug-likeness (QED) is 0.914. The van der Waals surface area contributed by atoms with E-state index < -0.39 is 6.10 Å². The Morgan fingerprint density at radius 2 is 1.84 bits per heavy atom. The third-order valence-electron chi connectivity index (χ3n) is 3.20. The Morgan fingerprint density at radius 1 is 1.11 bits per heavy atom. The predicted octanol–water partition coefficient (Wildman–Crippen LogP) is 3.53. The normalized spacial score (nSPS) is 12.3. The van der Waals surface area contributed by atoms with E-state index in [4.69, 9.17) is 4.74 Å². The molecule has 0 aliphatic carbocycles. The van der Waals surface area contributed by atoms with Gasteiger partial charge in [0, 0.05) is 5.56 Å². The first-order chi connectivity index (χ1) is 9.02. The third kappa shape index (κ3) is 2.76. The summed E-state index contributed by atoms with van der Waals surface area (Å²) in [6, 6.07) is 10.3. The van der Waals surface area contributed by atoms with Gasteiger partial charge in [0.2, 0.25) is 0 Å². The molecule has 0 heterocycles.